The van der Waals surface area contributed by atoms with Crippen molar-refractivity contribution in [3.8, 4) is 0 Å². The van der Waals surface area contributed by atoms with Gasteiger partial charge in [-0.2, -0.15) is 5.10 Å². The number of rotatable bonds is 4. The number of amides is 1. The number of hydrogen-bond donors (Lipinski definition) is 1. The molecule has 0 aliphatic heterocycles. The molecule has 0 heterocycles. The number of carbonyl (C=O) groups excluding carboxylic acids is 1. The third-order valence-corrected chi connectivity index (χ3v) is 3.82. The number of nitrogens with one attached hydrogen (secondary N) is 1. The van der Waals surface area contributed by atoms with Crippen molar-refractivity contribution in [1.82, 2.24) is 5.43 Å². The highest BCUT2D eigenvalue weighted by Crippen LogP contribution is 2.18. The van der Waals surface area contributed by atoms with Crippen LogP contribution < -0.4 is 10.3 Å². The maximum atomic E-state index is 12.4. The van der Waals surface area contributed by atoms with Gasteiger partial charge in [-0.15, -0.1) is 0 Å². The maximum absolute atomic E-state index is 12.4. The van der Waals surface area contributed by atoms with Crippen molar-refractivity contribution in [3.63, 3.8) is 0 Å². The van der Waals surface area contributed by atoms with E-state index in [1.807, 2.05) is 79.7 Å². The highest BCUT2D eigenvalue weighted by molar-refractivity contribution is 6.07. The zero-order valence-corrected chi connectivity index (χ0v) is 13.7. The lowest BCUT2D eigenvalue weighted by molar-refractivity contribution is 0.0957. The Labute approximate surface area is 141 Å². The van der Waals surface area contributed by atoms with Crippen LogP contribution in [0.2, 0.25) is 0 Å². The average Bonchev–Trinajstić information content (AvgIpc) is 2.61. The van der Waals surface area contributed by atoms with Gasteiger partial charge in [-0.25, -0.2) is 5.43 Å². The Bertz CT molecular complexity index is 878. The summed E-state index contributed by atoms with van der Waals surface area (Å²) in [6.07, 6.45) is 1.64. The van der Waals surface area contributed by atoms with Crippen LogP contribution in [0.15, 0.2) is 71.8 Å². The lowest BCUT2D eigenvalue weighted by atomic mass is 10.0. The van der Waals surface area contributed by atoms with E-state index < -0.39 is 0 Å². The first-order valence-corrected chi connectivity index (χ1v) is 7.74. The summed E-state index contributed by atoms with van der Waals surface area (Å²) in [5.41, 5.74) is 5.26. The maximum Gasteiger partial charge on any atom is 0.271 e. The second-order valence-electron chi connectivity index (χ2n) is 5.71. The van der Waals surface area contributed by atoms with Gasteiger partial charge in [-0.1, -0.05) is 48.5 Å². The number of hydrazone groups is 1. The summed E-state index contributed by atoms with van der Waals surface area (Å²) in [6, 6.07) is 21.4. The molecule has 3 aromatic rings. The molecule has 1 N–H and O–H groups in total. The van der Waals surface area contributed by atoms with Gasteiger partial charge in [0.1, 0.15) is 0 Å². The number of benzene rings is 3. The van der Waals surface area contributed by atoms with Crippen LogP contribution in [-0.2, 0) is 0 Å². The molecule has 0 aromatic heterocycles. The molecule has 120 valence electrons. The third-order valence-electron chi connectivity index (χ3n) is 3.82. The van der Waals surface area contributed by atoms with E-state index in [2.05, 4.69) is 10.5 Å². The zero-order chi connectivity index (χ0) is 16.9. The quantitative estimate of drug-likeness (QED) is 0.589. The van der Waals surface area contributed by atoms with Gasteiger partial charge in [0, 0.05) is 25.3 Å². The number of hydrogen-bond acceptors (Lipinski definition) is 3. The van der Waals surface area contributed by atoms with Crippen LogP contribution in [0, 0.1) is 0 Å². The van der Waals surface area contributed by atoms with E-state index in [1.54, 1.807) is 12.3 Å². The molecule has 0 fully saturated rings. The SMILES string of the molecule is CN(C)c1ccc(/C=N/NC(=O)c2cccc3ccccc23)cc1. The molecule has 0 saturated carbocycles. The van der Waals surface area contributed by atoms with Gasteiger partial charge >= 0.3 is 0 Å². The molecule has 0 radical (unpaired) electrons. The van der Waals surface area contributed by atoms with Crippen molar-refractivity contribution in [1.29, 1.82) is 0 Å². The van der Waals surface area contributed by atoms with Crippen molar-refractivity contribution in [2.24, 2.45) is 5.10 Å². The largest absolute Gasteiger partial charge is 0.378 e. The van der Waals surface area contributed by atoms with E-state index in [4.69, 9.17) is 0 Å². The number of fused-ring (bicyclic) bond motifs is 1. The molecule has 0 aliphatic carbocycles. The van der Waals surface area contributed by atoms with Gasteiger partial charge in [0.2, 0.25) is 0 Å². The molecule has 0 bridgehead atoms. The number of nitrogens with zero attached hydrogens (tertiary/aromatic N) is 2. The van der Waals surface area contributed by atoms with E-state index >= 15 is 0 Å². The first-order chi connectivity index (χ1) is 11.6. The van der Waals surface area contributed by atoms with Gasteiger partial charge in [0.05, 0.1) is 6.21 Å². The highest BCUT2D eigenvalue weighted by Gasteiger charge is 2.08. The molecular formula is C20H19N3O. The average molecular weight is 317 g/mol. The fourth-order valence-electron chi connectivity index (χ4n) is 2.51. The monoisotopic (exact) mass is 317 g/mol. The fraction of sp³-hybridized carbons (Fsp3) is 0.100. The van der Waals surface area contributed by atoms with E-state index in [-0.39, 0.29) is 5.91 Å². The Hall–Kier alpha value is -3.14. The van der Waals surface area contributed by atoms with Gasteiger partial charge < -0.3 is 4.90 Å². The molecule has 0 atom stereocenters. The Balaban J connectivity index is 1.72. The van der Waals surface area contributed by atoms with Crippen LogP contribution in [0.3, 0.4) is 0 Å². The fourth-order valence-corrected chi connectivity index (χ4v) is 2.51. The highest BCUT2D eigenvalue weighted by atomic mass is 16.2. The van der Waals surface area contributed by atoms with Crippen LogP contribution in [0.5, 0.6) is 0 Å². The minimum atomic E-state index is -0.215. The Morgan fingerprint density at radius 1 is 0.958 bits per heavy atom. The molecule has 3 rings (SSSR count). The third kappa shape index (κ3) is 3.43. The van der Waals surface area contributed by atoms with Crippen molar-refractivity contribution < 1.29 is 4.79 Å². The van der Waals surface area contributed by atoms with Crippen molar-refractivity contribution in [3.05, 3.63) is 77.9 Å². The molecule has 24 heavy (non-hydrogen) atoms. The summed E-state index contributed by atoms with van der Waals surface area (Å²) in [7, 11) is 3.99. The molecule has 0 unspecified atom stereocenters. The van der Waals surface area contributed by atoms with Gasteiger partial charge in [0.25, 0.3) is 5.91 Å². The van der Waals surface area contributed by atoms with Crippen LogP contribution in [0.1, 0.15) is 15.9 Å². The normalized spacial score (nSPS) is 10.9. The van der Waals surface area contributed by atoms with Crippen LogP contribution in [0.25, 0.3) is 10.8 Å². The lowest BCUT2D eigenvalue weighted by Gasteiger charge is -2.11. The predicted molar refractivity (Wildman–Crippen MR) is 99.8 cm³/mol. The minimum Gasteiger partial charge on any atom is -0.378 e. The van der Waals surface area contributed by atoms with E-state index in [1.165, 1.54) is 0 Å². The first-order valence-electron chi connectivity index (χ1n) is 7.74. The van der Waals surface area contributed by atoms with Gasteiger partial charge in [-0.05, 0) is 34.5 Å². The van der Waals surface area contributed by atoms with E-state index in [0.717, 1.165) is 22.0 Å². The molecule has 4 nitrogen and oxygen atoms in total. The van der Waals surface area contributed by atoms with Crippen LogP contribution in [-0.4, -0.2) is 26.2 Å². The van der Waals surface area contributed by atoms with Crippen molar-refractivity contribution in [2.75, 3.05) is 19.0 Å². The molecule has 0 saturated heterocycles. The summed E-state index contributed by atoms with van der Waals surface area (Å²) >= 11 is 0. The van der Waals surface area contributed by atoms with Crippen LogP contribution in [0.4, 0.5) is 5.69 Å². The van der Waals surface area contributed by atoms with E-state index in [0.29, 0.717) is 5.56 Å². The summed E-state index contributed by atoms with van der Waals surface area (Å²) in [4.78, 5) is 14.4. The Morgan fingerprint density at radius 2 is 1.67 bits per heavy atom. The smallest absolute Gasteiger partial charge is 0.271 e. The number of carbonyl (C=O) groups is 1. The molecule has 3 aromatic carbocycles. The summed E-state index contributed by atoms with van der Waals surface area (Å²) in [5, 5.41) is 6.02. The van der Waals surface area contributed by atoms with Gasteiger partial charge in [-0.3, -0.25) is 4.79 Å². The second-order valence-corrected chi connectivity index (χ2v) is 5.71. The zero-order valence-electron chi connectivity index (χ0n) is 13.7. The topological polar surface area (TPSA) is 44.7 Å². The van der Waals surface area contributed by atoms with Gasteiger partial charge in [0.15, 0.2) is 0 Å². The summed E-state index contributed by atoms with van der Waals surface area (Å²) < 4.78 is 0. The number of anilines is 1. The molecule has 0 aliphatic rings. The van der Waals surface area contributed by atoms with Crippen molar-refractivity contribution >= 4 is 28.6 Å². The lowest BCUT2D eigenvalue weighted by Crippen LogP contribution is -2.17. The van der Waals surface area contributed by atoms with Crippen molar-refractivity contribution in [2.45, 2.75) is 0 Å². The molecule has 1 amide bonds. The summed E-state index contributed by atoms with van der Waals surface area (Å²) in [6.45, 7) is 0. The predicted octanol–water partition coefficient (Wildman–Crippen LogP) is 3.67. The molecular weight excluding hydrogens is 298 g/mol. The van der Waals surface area contributed by atoms with Crippen LogP contribution >= 0.6 is 0 Å². The standard InChI is InChI=1S/C20H19N3O/c1-23(2)17-12-10-15(11-13-17)14-21-22-20(24)19-9-5-7-16-6-3-4-8-18(16)19/h3-14H,1-2H3,(H,22,24)/b21-14+. The first kappa shape index (κ1) is 15.7. The minimum absolute atomic E-state index is 0.215. The molecule has 0 spiro atoms. The Kier molecular flexibility index (Phi) is 4.57. The summed E-state index contributed by atoms with van der Waals surface area (Å²) in [5.74, 6) is -0.215. The molecule has 4 heteroatoms. The Morgan fingerprint density at radius 3 is 2.42 bits per heavy atom. The van der Waals surface area contributed by atoms with E-state index in [9.17, 15) is 4.79 Å². The second kappa shape index (κ2) is 6.96.